The monoisotopic (exact) mass is 454 g/mol. The molecule has 6 nitrogen and oxygen atoms in total. The van der Waals surface area contributed by atoms with Crippen LogP contribution in [0.1, 0.15) is 24.0 Å². The highest BCUT2D eigenvalue weighted by Crippen LogP contribution is 2.25. The number of carbonyl (C=O) groups excluding carboxylic acids is 1. The second-order valence-electron chi connectivity index (χ2n) is 7.23. The number of hydrogen-bond donors (Lipinski definition) is 1. The molecule has 3 rings (SSSR count). The Morgan fingerprint density at radius 2 is 2.00 bits per heavy atom. The summed E-state index contributed by atoms with van der Waals surface area (Å²) in [6.45, 7) is 1.96. The molecule has 0 saturated carbocycles. The molecule has 1 aliphatic heterocycles. The molecule has 1 fully saturated rings. The van der Waals surface area contributed by atoms with E-state index >= 15 is 0 Å². The van der Waals surface area contributed by atoms with Crippen molar-refractivity contribution in [2.75, 3.05) is 19.7 Å². The lowest BCUT2D eigenvalue weighted by atomic mass is 10.2. The van der Waals surface area contributed by atoms with Crippen LogP contribution in [0.15, 0.2) is 47.4 Å². The fraction of sp³-hybridized carbons (Fsp3) is 0.381. The van der Waals surface area contributed by atoms with Crippen molar-refractivity contribution in [3.05, 3.63) is 64.4 Å². The van der Waals surface area contributed by atoms with E-state index in [1.807, 2.05) is 6.92 Å². The van der Waals surface area contributed by atoms with Crippen LogP contribution in [0, 0.1) is 12.7 Å². The van der Waals surface area contributed by atoms with Gasteiger partial charge in [-0.25, -0.2) is 12.8 Å². The van der Waals surface area contributed by atoms with E-state index in [-0.39, 0.29) is 28.1 Å². The zero-order chi connectivity index (χ0) is 21.7. The molecule has 2 aromatic rings. The predicted octanol–water partition coefficient (Wildman–Crippen LogP) is 3.27. The molecule has 1 heterocycles. The average Bonchev–Trinajstić information content (AvgIpc) is 3.22. The van der Waals surface area contributed by atoms with Crippen LogP contribution in [-0.2, 0) is 26.1 Å². The van der Waals surface area contributed by atoms with Crippen molar-refractivity contribution in [1.29, 1.82) is 0 Å². The van der Waals surface area contributed by atoms with E-state index in [1.165, 1.54) is 30.3 Å². The summed E-state index contributed by atoms with van der Waals surface area (Å²) >= 11 is 6.10. The number of aryl methyl sites for hydroxylation is 1. The summed E-state index contributed by atoms with van der Waals surface area (Å²) in [6, 6.07) is 10.4. The van der Waals surface area contributed by atoms with Gasteiger partial charge in [-0.3, -0.25) is 4.79 Å². The first kappa shape index (κ1) is 22.7. The molecule has 30 heavy (non-hydrogen) atoms. The Morgan fingerprint density at radius 3 is 2.63 bits per heavy atom. The Morgan fingerprint density at radius 1 is 1.27 bits per heavy atom. The molecular weight excluding hydrogens is 431 g/mol. The second-order valence-corrected chi connectivity index (χ2v) is 9.57. The zero-order valence-corrected chi connectivity index (χ0v) is 18.2. The standard InChI is InChI=1S/C21H24ClFN2O4S/c1-15-7-9-17(10-8-15)30(27,28)25(13-18-19(22)5-2-6-20(18)23)14-21(26)24-12-16-4-3-11-29-16/h2,5-10,16H,3-4,11-14H2,1H3,(H,24,26)/t16-/m0/s1. The van der Waals surface area contributed by atoms with Crippen molar-refractivity contribution < 1.29 is 22.3 Å². The molecule has 1 saturated heterocycles. The molecule has 0 unspecified atom stereocenters. The molecule has 2 aromatic carbocycles. The van der Waals surface area contributed by atoms with Crippen LogP contribution >= 0.6 is 11.6 Å². The lowest BCUT2D eigenvalue weighted by Gasteiger charge is -2.23. The maximum absolute atomic E-state index is 14.3. The van der Waals surface area contributed by atoms with Gasteiger partial charge in [0.15, 0.2) is 0 Å². The molecule has 1 N–H and O–H groups in total. The van der Waals surface area contributed by atoms with Gasteiger partial charge in [-0.2, -0.15) is 4.31 Å². The number of nitrogens with zero attached hydrogens (tertiary/aromatic N) is 1. The van der Waals surface area contributed by atoms with Gasteiger partial charge in [0.25, 0.3) is 0 Å². The zero-order valence-electron chi connectivity index (χ0n) is 16.6. The number of ether oxygens (including phenoxy) is 1. The lowest BCUT2D eigenvalue weighted by Crippen LogP contribution is -2.42. The third-order valence-corrected chi connectivity index (χ3v) is 7.09. The smallest absolute Gasteiger partial charge is 0.243 e. The molecular formula is C21H24ClFN2O4S. The molecule has 1 amide bonds. The minimum absolute atomic E-state index is 0.0155. The summed E-state index contributed by atoms with van der Waals surface area (Å²) in [4.78, 5) is 12.5. The first-order chi connectivity index (χ1) is 14.3. The SMILES string of the molecule is Cc1ccc(S(=O)(=O)N(CC(=O)NC[C@@H]2CCCO2)Cc2c(F)cccc2Cl)cc1. The fourth-order valence-corrected chi connectivity index (χ4v) is 4.78. The normalized spacial score (nSPS) is 16.7. The number of hydrogen-bond acceptors (Lipinski definition) is 4. The molecule has 0 aliphatic carbocycles. The number of nitrogens with one attached hydrogen (secondary N) is 1. The summed E-state index contributed by atoms with van der Waals surface area (Å²) in [5.74, 6) is -1.12. The lowest BCUT2D eigenvalue weighted by molar-refractivity contribution is -0.121. The van der Waals surface area contributed by atoms with Crippen LogP contribution in [0.5, 0.6) is 0 Å². The number of rotatable bonds is 8. The van der Waals surface area contributed by atoms with Crippen molar-refractivity contribution in [3.8, 4) is 0 Å². The van der Waals surface area contributed by atoms with Gasteiger partial charge in [-0.15, -0.1) is 0 Å². The first-order valence-electron chi connectivity index (χ1n) is 9.65. The number of carbonyl (C=O) groups is 1. The summed E-state index contributed by atoms with van der Waals surface area (Å²) in [5, 5.41) is 2.80. The number of benzene rings is 2. The van der Waals surface area contributed by atoms with Gasteiger partial charge in [-0.1, -0.05) is 35.4 Å². The molecule has 0 spiro atoms. The van der Waals surface area contributed by atoms with E-state index in [0.717, 1.165) is 22.7 Å². The highest BCUT2D eigenvalue weighted by Gasteiger charge is 2.29. The quantitative estimate of drug-likeness (QED) is 0.664. The maximum Gasteiger partial charge on any atom is 0.243 e. The van der Waals surface area contributed by atoms with E-state index < -0.39 is 28.3 Å². The van der Waals surface area contributed by atoms with Gasteiger partial charge in [0, 0.05) is 30.3 Å². The number of sulfonamides is 1. The Hall–Kier alpha value is -2.00. The largest absolute Gasteiger partial charge is 0.376 e. The molecule has 0 radical (unpaired) electrons. The Labute approximate surface area is 181 Å². The van der Waals surface area contributed by atoms with E-state index in [0.29, 0.717) is 13.2 Å². The second kappa shape index (κ2) is 9.87. The Bertz CT molecular complexity index is 972. The van der Waals surface area contributed by atoms with Crippen LogP contribution in [0.4, 0.5) is 4.39 Å². The maximum atomic E-state index is 14.3. The van der Waals surface area contributed by atoms with Gasteiger partial charge >= 0.3 is 0 Å². The van der Waals surface area contributed by atoms with Gasteiger partial charge in [0.2, 0.25) is 15.9 Å². The molecule has 1 atom stereocenters. The van der Waals surface area contributed by atoms with Gasteiger partial charge < -0.3 is 10.1 Å². The highest BCUT2D eigenvalue weighted by atomic mass is 35.5. The van der Waals surface area contributed by atoms with Crippen molar-refractivity contribution in [3.63, 3.8) is 0 Å². The summed E-state index contributed by atoms with van der Waals surface area (Å²) in [5.41, 5.74) is 0.911. The van der Waals surface area contributed by atoms with E-state index in [1.54, 1.807) is 12.1 Å². The van der Waals surface area contributed by atoms with Crippen molar-refractivity contribution >= 4 is 27.5 Å². The average molecular weight is 455 g/mol. The molecule has 9 heteroatoms. The van der Waals surface area contributed by atoms with Gasteiger partial charge in [-0.05, 0) is 44.0 Å². The van der Waals surface area contributed by atoms with Crippen molar-refractivity contribution in [2.45, 2.75) is 37.3 Å². The van der Waals surface area contributed by atoms with Crippen LogP contribution < -0.4 is 5.32 Å². The van der Waals surface area contributed by atoms with Crippen LogP contribution in [0.25, 0.3) is 0 Å². The molecule has 1 aliphatic rings. The first-order valence-corrected chi connectivity index (χ1v) is 11.5. The van der Waals surface area contributed by atoms with Crippen LogP contribution in [-0.4, -0.2) is 44.4 Å². The minimum atomic E-state index is -4.07. The predicted molar refractivity (Wildman–Crippen MR) is 112 cm³/mol. The van der Waals surface area contributed by atoms with E-state index in [9.17, 15) is 17.6 Å². The molecule has 0 aromatic heterocycles. The highest BCUT2D eigenvalue weighted by molar-refractivity contribution is 7.89. The van der Waals surface area contributed by atoms with Crippen molar-refractivity contribution in [2.24, 2.45) is 0 Å². The topological polar surface area (TPSA) is 75.7 Å². The fourth-order valence-electron chi connectivity index (χ4n) is 3.19. The minimum Gasteiger partial charge on any atom is -0.376 e. The van der Waals surface area contributed by atoms with Crippen LogP contribution in [0.3, 0.4) is 0 Å². The van der Waals surface area contributed by atoms with Gasteiger partial charge in [0.1, 0.15) is 5.82 Å². The van der Waals surface area contributed by atoms with Crippen molar-refractivity contribution in [1.82, 2.24) is 9.62 Å². The van der Waals surface area contributed by atoms with Crippen LogP contribution in [0.2, 0.25) is 5.02 Å². The Kier molecular flexibility index (Phi) is 7.46. The summed E-state index contributed by atoms with van der Waals surface area (Å²) in [6.07, 6.45) is 1.70. The number of halogens is 2. The molecule has 162 valence electrons. The molecule has 0 bridgehead atoms. The summed E-state index contributed by atoms with van der Waals surface area (Å²) in [7, 11) is -4.07. The van der Waals surface area contributed by atoms with Gasteiger partial charge in [0.05, 0.1) is 17.5 Å². The third kappa shape index (κ3) is 5.57. The van der Waals surface area contributed by atoms with E-state index in [4.69, 9.17) is 16.3 Å². The Balaban J connectivity index is 1.83. The number of amides is 1. The summed E-state index contributed by atoms with van der Waals surface area (Å²) < 4.78 is 47.2. The van der Waals surface area contributed by atoms with E-state index in [2.05, 4.69) is 5.32 Å². The third-order valence-electron chi connectivity index (χ3n) is 4.93.